The molecule has 2 atom stereocenters. The smallest absolute Gasteiger partial charge is 0.312 e. The number of carbonyl (C=O) groups is 7. The molecule has 0 spiro atoms. The molecule has 4 amide bonds. The van der Waals surface area contributed by atoms with Crippen LogP contribution < -0.4 is 21.7 Å². The van der Waals surface area contributed by atoms with Crippen molar-refractivity contribution in [3.63, 3.8) is 0 Å². The molecule has 1 heterocycles. The lowest BCUT2D eigenvalue weighted by molar-refractivity contribution is -0.154. The van der Waals surface area contributed by atoms with Gasteiger partial charge in [-0.1, -0.05) is 37.8 Å². The number of Topliss-reactive ketones (excluding diaryl/α,β-unsaturated/α-hetero) is 3. The van der Waals surface area contributed by atoms with Crippen molar-refractivity contribution in [1.82, 2.24) is 20.6 Å². The van der Waals surface area contributed by atoms with E-state index in [9.17, 15) is 42.0 Å². The molecular formula is C45H64N6O12S. The molecule has 64 heavy (non-hydrogen) atoms. The summed E-state index contributed by atoms with van der Waals surface area (Å²) in [6.45, 7) is 9.08. The highest BCUT2D eigenvalue weighted by molar-refractivity contribution is 7.90. The van der Waals surface area contributed by atoms with Gasteiger partial charge in [0, 0.05) is 82.1 Å². The van der Waals surface area contributed by atoms with Gasteiger partial charge >= 0.3 is 12.0 Å². The molecular weight excluding hydrogens is 849 g/mol. The number of nitrogens with two attached hydrogens (primary N) is 1. The Bertz CT molecular complexity index is 2040. The molecule has 18 nitrogen and oxygen atoms in total. The number of carbonyl (C=O) groups excluding carboxylic acids is 7. The number of esters is 1. The minimum Gasteiger partial charge on any atom is -0.460 e. The average molecular weight is 913 g/mol. The summed E-state index contributed by atoms with van der Waals surface area (Å²) in [6.07, 6.45) is 6.95. The van der Waals surface area contributed by atoms with Crippen LogP contribution in [-0.4, -0.2) is 105 Å². The van der Waals surface area contributed by atoms with Crippen LogP contribution >= 0.6 is 0 Å². The first-order valence-corrected chi connectivity index (χ1v) is 23.2. The number of ether oxygens (including phenoxy) is 3. The summed E-state index contributed by atoms with van der Waals surface area (Å²) < 4.78 is 39.1. The van der Waals surface area contributed by atoms with Crippen LogP contribution in [0.4, 0.5) is 10.5 Å². The number of unbranched alkanes of at least 4 members (excludes halogenated alkanes) is 1. The number of amides is 4. The highest BCUT2D eigenvalue weighted by Crippen LogP contribution is 2.19. The first-order chi connectivity index (χ1) is 30.1. The van der Waals surface area contributed by atoms with Gasteiger partial charge < -0.3 is 35.9 Å². The van der Waals surface area contributed by atoms with Gasteiger partial charge in [-0.25, -0.2) is 23.2 Å². The first-order valence-electron chi connectivity index (χ1n) is 21.3. The summed E-state index contributed by atoms with van der Waals surface area (Å²) >= 11 is 0. The summed E-state index contributed by atoms with van der Waals surface area (Å²) in [6, 6.07) is 4.95. The van der Waals surface area contributed by atoms with Crippen molar-refractivity contribution in [3.8, 4) is 11.8 Å². The monoisotopic (exact) mass is 912 g/mol. The van der Waals surface area contributed by atoms with Crippen molar-refractivity contribution >= 4 is 56.7 Å². The zero-order valence-electron chi connectivity index (χ0n) is 37.8. The maximum atomic E-state index is 13.5. The van der Waals surface area contributed by atoms with Crippen molar-refractivity contribution in [2.24, 2.45) is 23.0 Å². The van der Waals surface area contributed by atoms with Gasteiger partial charge in [0.05, 0.1) is 11.0 Å². The summed E-state index contributed by atoms with van der Waals surface area (Å²) in [4.78, 5) is 95.2. The molecule has 0 radical (unpaired) electrons. The summed E-state index contributed by atoms with van der Waals surface area (Å²) in [5.74, 6) is 2.79. The Kier molecular flexibility index (Phi) is 24.1. The Labute approximate surface area is 376 Å². The molecule has 0 aliphatic rings. The molecule has 1 aromatic carbocycles. The van der Waals surface area contributed by atoms with Crippen molar-refractivity contribution in [2.45, 2.75) is 117 Å². The van der Waals surface area contributed by atoms with Gasteiger partial charge in [-0.3, -0.25) is 28.8 Å². The van der Waals surface area contributed by atoms with Crippen molar-refractivity contribution in [3.05, 3.63) is 47.8 Å². The lowest BCUT2D eigenvalue weighted by atomic mass is 9.89. The standard InChI is InChI=1S/C45H64N6O12S/c1-31(2)38(40(55)51-39(17-10-22-47-43(46)58)41(56)50-34-20-18-32(19-21-34)28-63-42(57)45(3,4)5)25-37(54)30-62-29-36(53)16-12-24-61-23-11-15-35(52)14-9-7-8-13-33-26-48-44(49-27-33)64(6,59)60/h18-21,26-27,31,38-39H,7,9-12,14-17,22-25,28-30H2,1-6H3,(H,50,56)(H,51,55)(H3,46,47,58)/t38-,39-/m0/s1. The number of hydrogen-bond donors (Lipinski definition) is 4. The summed E-state index contributed by atoms with van der Waals surface area (Å²) in [5.41, 5.74) is 6.15. The quantitative estimate of drug-likeness (QED) is 0.0389. The maximum absolute atomic E-state index is 13.5. The fourth-order valence-corrected chi connectivity index (χ4v) is 6.20. The number of benzene rings is 1. The second-order valence-corrected chi connectivity index (χ2v) is 18.6. The van der Waals surface area contributed by atoms with E-state index in [2.05, 4.69) is 37.8 Å². The van der Waals surface area contributed by atoms with Crippen LogP contribution in [-0.2, 0) is 59.4 Å². The molecule has 352 valence electrons. The van der Waals surface area contributed by atoms with E-state index < -0.39 is 45.1 Å². The van der Waals surface area contributed by atoms with Crippen LogP contribution in [0.1, 0.15) is 110 Å². The number of aromatic nitrogens is 2. The highest BCUT2D eigenvalue weighted by atomic mass is 32.2. The minimum atomic E-state index is -3.48. The van der Waals surface area contributed by atoms with Gasteiger partial charge in [0.2, 0.25) is 26.8 Å². The van der Waals surface area contributed by atoms with Crippen LogP contribution in [0.5, 0.6) is 0 Å². The number of primary amides is 1. The Balaban J connectivity index is 1.71. The zero-order chi connectivity index (χ0) is 47.7. The minimum absolute atomic E-state index is 0.0621. The number of urea groups is 1. The molecule has 1 aromatic heterocycles. The predicted octanol–water partition coefficient (Wildman–Crippen LogP) is 4.03. The van der Waals surface area contributed by atoms with Gasteiger partial charge in [0.1, 0.15) is 31.6 Å². The number of rotatable bonds is 29. The zero-order valence-corrected chi connectivity index (χ0v) is 38.6. The molecule has 0 unspecified atom stereocenters. The lowest BCUT2D eigenvalue weighted by Crippen LogP contribution is -2.47. The Morgan fingerprint density at radius 1 is 0.812 bits per heavy atom. The molecule has 19 heteroatoms. The molecule has 0 bridgehead atoms. The van der Waals surface area contributed by atoms with E-state index in [1.807, 2.05) is 0 Å². The van der Waals surface area contributed by atoms with E-state index in [1.165, 1.54) is 12.4 Å². The highest BCUT2D eigenvalue weighted by Gasteiger charge is 2.30. The molecule has 0 saturated heterocycles. The van der Waals surface area contributed by atoms with Crippen LogP contribution in [0.15, 0.2) is 41.8 Å². The van der Waals surface area contributed by atoms with Crippen LogP contribution in [0.2, 0.25) is 0 Å². The predicted molar refractivity (Wildman–Crippen MR) is 237 cm³/mol. The van der Waals surface area contributed by atoms with Gasteiger partial charge in [-0.15, -0.1) is 0 Å². The molecule has 5 N–H and O–H groups in total. The topological polar surface area (TPSA) is 269 Å². The van der Waals surface area contributed by atoms with Crippen LogP contribution in [0, 0.1) is 29.1 Å². The Hall–Kier alpha value is -5.58. The van der Waals surface area contributed by atoms with E-state index in [0.29, 0.717) is 75.0 Å². The number of sulfone groups is 1. The number of anilines is 1. The number of ketones is 3. The van der Waals surface area contributed by atoms with Crippen molar-refractivity contribution in [2.75, 3.05) is 44.5 Å². The maximum Gasteiger partial charge on any atom is 0.312 e. The van der Waals surface area contributed by atoms with Crippen molar-refractivity contribution in [1.29, 1.82) is 0 Å². The third-order valence-electron chi connectivity index (χ3n) is 9.36. The lowest BCUT2D eigenvalue weighted by Gasteiger charge is -2.24. The largest absolute Gasteiger partial charge is 0.460 e. The number of nitrogens with one attached hydrogen (secondary N) is 3. The summed E-state index contributed by atoms with van der Waals surface area (Å²) in [5, 5.41) is 7.74. The van der Waals surface area contributed by atoms with E-state index in [0.717, 1.165) is 6.26 Å². The van der Waals surface area contributed by atoms with E-state index in [1.54, 1.807) is 58.9 Å². The van der Waals surface area contributed by atoms with E-state index in [4.69, 9.17) is 19.9 Å². The first kappa shape index (κ1) is 54.6. The third kappa shape index (κ3) is 23.2. The fourth-order valence-electron chi connectivity index (χ4n) is 5.71. The third-order valence-corrected chi connectivity index (χ3v) is 10.2. The van der Waals surface area contributed by atoms with Gasteiger partial charge in [0.15, 0.2) is 11.6 Å². The SMILES string of the molecule is CC(C)[C@H](CC(=O)COCC(=O)CCCOCCCC(=O)CCCC#Cc1cnc(S(C)(=O)=O)nc1)C(=O)N[C@@H](CCCNC(N)=O)C(=O)Nc1ccc(COC(=O)C(C)(C)C)cc1. The van der Waals surface area contributed by atoms with Gasteiger partial charge in [-0.2, -0.15) is 0 Å². The van der Waals surface area contributed by atoms with Crippen LogP contribution in [0.3, 0.4) is 0 Å². The van der Waals surface area contributed by atoms with Gasteiger partial charge in [0.25, 0.3) is 0 Å². The normalized spacial score (nSPS) is 12.3. The van der Waals surface area contributed by atoms with Crippen molar-refractivity contribution < 1.29 is 56.2 Å². The van der Waals surface area contributed by atoms with Crippen LogP contribution in [0.25, 0.3) is 0 Å². The molecule has 2 rings (SSSR count). The number of hydrogen-bond acceptors (Lipinski definition) is 14. The summed E-state index contributed by atoms with van der Waals surface area (Å²) in [7, 11) is -3.48. The second-order valence-electron chi connectivity index (χ2n) is 16.7. The molecule has 0 fully saturated rings. The molecule has 0 aliphatic carbocycles. The van der Waals surface area contributed by atoms with E-state index >= 15 is 0 Å². The molecule has 2 aromatic rings. The fraction of sp³-hybridized carbons (Fsp3) is 0.578. The van der Waals surface area contributed by atoms with E-state index in [-0.39, 0.29) is 80.0 Å². The Morgan fingerprint density at radius 2 is 1.42 bits per heavy atom. The average Bonchev–Trinajstić information content (AvgIpc) is 3.22. The van der Waals surface area contributed by atoms with Gasteiger partial charge in [-0.05, 0) is 76.5 Å². The Morgan fingerprint density at radius 3 is 2.02 bits per heavy atom. The molecule has 0 aliphatic heterocycles. The second kappa shape index (κ2) is 28.3. The molecule has 0 saturated carbocycles. The number of nitrogens with zero attached hydrogens (tertiary/aromatic N) is 2.